The van der Waals surface area contributed by atoms with Gasteiger partial charge < -0.3 is 4.57 Å². The summed E-state index contributed by atoms with van der Waals surface area (Å²) in [6.45, 7) is 1.46. The van der Waals surface area contributed by atoms with Gasteiger partial charge in [0.25, 0.3) is 5.56 Å². The van der Waals surface area contributed by atoms with Gasteiger partial charge in [0.05, 0.1) is 4.47 Å². The fourth-order valence-electron chi connectivity index (χ4n) is 0.864. The molecule has 0 atom stereocenters. The van der Waals surface area contributed by atoms with Crippen molar-refractivity contribution in [2.24, 2.45) is 7.05 Å². The van der Waals surface area contributed by atoms with Crippen LogP contribution in [0.5, 0.6) is 0 Å². The predicted octanol–water partition coefficient (Wildman–Crippen LogP) is 1.35. The van der Waals surface area contributed by atoms with E-state index in [2.05, 4.69) is 15.9 Å². The van der Waals surface area contributed by atoms with E-state index >= 15 is 0 Å². The molecule has 64 valence electrons. The number of rotatable bonds is 1. The second kappa shape index (κ2) is 3.23. The van der Waals surface area contributed by atoms with Gasteiger partial charge in [0.1, 0.15) is 0 Å². The second-order valence-electron chi connectivity index (χ2n) is 2.55. The van der Waals surface area contributed by atoms with Crippen LogP contribution in [0.2, 0.25) is 0 Å². The maximum absolute atomic E-state index is 11.1. The summed E-state index contributed by atoms with van der Waals surface area (Å²) in [5, 5.41) is 0. The molecule has 1 aromatic heterocycles. The lowest BCUT2D eigenvalue weighted by molar-refractivity contribution is 0.101. The summed E-state index contributed by atoms with van der Waals surface area (Å²) < 4.78 is 1.79. The number of aryl methyl sites for hydroxylation is 1. The molecule has 0 aliphatic carbocycles. The van der Waals surface area contributed by atoms with Crippen LogP contribution >= 0.6 is 15.9 Å². The van der Waals surface area contributed by atoms with E-state index in [-0.39, 0.29) is 11.3 Å². The predicted molar refractivity (Wildman–Crippen MR) is 49.4 cm³/mol. The topological polar surface area (TPSA) is 39.1 Å². The first-order valence-corrected chi connectivity index (χ1v) is 4.19. The van der Waals surface area contributed by atoms with Crippen molar-refractivity contribution in [2.45, 2.75) is 6.92 Å². The Morgan fingerprint density at radius 3 is 2.58 bits per heavy atom. The Bertz CT molecular complexity index is 355. The number of hydrogen-bond acceptors (Lipinski definition) is 2. The Balaban J connectivity index is 3.41. The zero-order chi connectivity index (χ0) is 9.30. The highest BCUT2D eigenvalue weighted by molar-refractivity contribution is 9.10. The molecule has 0 spiro atoms. The molecule has 0 N–H and O–H groups in total. The van der Waals surface area contributed by atoms with E-state index in [0.717, 1.165) is 0 Å². The maximum Gasteiger partial charge on any atom is 0.264 e. The molecule has 1 rings (SSSR count). The largest absolute Gasteiger partial charge is 0.317 e. The maximum atomic E-state index is 11.1. The molecule has 3 nitrogen and oxygen atoms in total. The number of nitrogens with zero attached hydrogens (tertiary/aromatic N) is 1. The third-order valence-corrected chi connectivity index (χ3v) is 2.11. The minimum Gasteiger partial charge on any atom is -0.317 e. The number of halogens is 1. The van der Waals surface area contributed by atoms with Gasteiger partial charge in [-0.15, -0.1) is 0 Å². The highest BCUT2D eigenvalue weighted by Gasteiger charge is 2.04. The minimum atomic E-state index is -0.139. The van der Waals surface area contributed by atoms with Crippen LogP contribution in [0.1, 0.15) is 17.3 Å². The summed E-state index contributed by atoms with van der Waals surface area (Å²) in [5.41, 5.74) is 0.393. The molecule has 12 heavy (non-hydrogen) atoms. The Kier molecular flexibility index (Phi) is 2.47. The van der Waals surface area contributed by atoms with Gasteiger partial charge in [0.15, 0.2) is 5.78 Å². The van der Waals surface area contributed by atoms with Crippen molar-refractivity contribution in [1.29, 1.82) is 0 Å². The standard InChI is InChI=1S/C8H8BrNO2/c1-5(11)6-3-7(9)8(12)10(2)4-6/h3-4H,1-2H3. The fourth-order valence-corrected chi connectivity index (χ4v) is 1.39. The van der Waals surface area contributed by atoms with Crippen LogP contribution in [0.3, 0.4) is 0 Å². The number of hydrogen-bond donors (Lipinski definition) is 0. The number of Topliss-reactive ketones (excluding diaryl/α,β-unsaturated/α-hetero) is 1. The molecule has 0 unspecified atom stereocenters. The van der Waals surface area contributed by atoms with Crippen molar-refractivity contribution in [2.75, 3.05) is 0 Å². The van der Waals surface area contributed by atoms with E-state index in [0.29, 0.717) is 10.0 Å². The van der Waals surface area contributed by atoms with E-state index in [1.165, 1.54) is 23.8 Å². The second-order valence-corrected chi connectivity index (χ2v) is 3.40. The van der Waals surface area contributed by atoms with Crippen LogP contribution < -0.4 is 5.56 Å². The van der Waals surface area contributed by atoms with Crippen molar-refractivity contribution in [3.05, 3.63) is 32.7 Å². The van der Waals surface area contributed by atoms with Gasteiger partial charge >= 0.3 is 0 Å². The summed E-state index contributed by atoms with van der Waals surface area (Å²) >= 11 is 3.08. The average Bonchev–Trinajstić information content (AvgIpc) is 1.99. The normalized spacial score (nSPS) is 9.92. The Hall–Kier alpha value is -0.900. The summed E-state index contributed by atoms with van der Waals surface area (Å²) in [7, 11) is 1.61. The van der Waals surface area contributed by atoms with E-state index in [9.17, 15) is 9.59 Å². The lowest BCUT2D eigenvalue weighted by Gasteiger charge is -2.00. The molecule has 4 heteroatoms. The van der Waals surface area contributed by atoms with Gasteiger partial charge in [-0.1, -0.05) is 0 Å². The third kappa shape index (κ3) is 1.64. The van der Waals surface area contributed by atoms with Crippen LogP contribution in [0.25, 0.3) is 0 Å². The van der Waals surface area contributed by atoms with Gasteiger partial charge in [0, 0.05) is 18.8 Å². The quantitative estimate of drug-likeness (QED) is 0.683. The number of pyridine rings is 1. The molecule has 0 amide bonds. The summed E-state index contributed by atoms with van der Waals surface area (Å²) in [6, 6.07) is 1.53. The molecular formula is C8H8BrNO2. The monoisotopic (exact) mass is 229 g/mol. The van der Waals surface area contributed by atoms with Crippen molar-refractivity contribution in [3.63, 3.8) is 0 Å². The van der Waals surface area contributed by atoms with Gasteiger partial charge in [-0.05, 0) is 28.9 Å². The molecule has 0 radical (unpaired) electrons. The summed E-state index contributed by atoms with van der Waals surface area (Å²) in [4.78, 5) is 22.1. The zero-order valence-electron chi connectivity index (χ0n) is 6.80. The molecule has 0 saturated heterocycles. The van der Waals surface area contributed by atoms with E-state index in [1.807, 2.05) is 0 Å². The number of carbonyl (C=O) groups is 1. The van der Waals surface area contributed by atoms with E-state index in [4.69, 9.17) is 0 Å². The van der Waals surface area contributed by atoms with E-state index < -0.39 is 0 Å². The molecule has 0 aliphatic rings. The van der Waals surface area contributed by atoms with Gasteiger partial charge in [-0.2, -0.15) is 0 Å². The van der Waals surface area contributed by atoms with Crippen LogP contribution in [0.4, 0.5) is 0 Å². The number of ketones is 1. The Morgan fingerprint density at radius 1 is 1.58 bits per heavy atom. The van der Waals surface area contributed by atoms with Gasteiger partial charge in [0.2, 0.25) is 0 Å². The van der Waals surface area contributed by atoms with Crippen LogP contribution in [-0.4, -0.2) is 10.4 Å². The van der Waals surface area contributed by atoms with Crippen LogP contribution in [-0.2, 0) is 7.05 Å². The fraction of sp³-hybridized carbons (Fsp3) is 0.250. The van der Waals surface area contributed by atoms with Crippen molar-refractivity contribution in [1.82, 2.24) is 4.57 Å². The van der Waals surface area contributed by atoms with Crippen molar-refractivity contribution >= 4 is 21.7 Å². The third-order valence-electron chi connectivity index (χ3n) is 1.55. The molecule has 1 heterocycles. The first kappa shape index (κ1) is 9.19. The molecule has 1 aromatic rings. The highest BCUT2D eigenvalue weighted by Crippen LogP contribution is 2.06. The van der Waals surface area contributed by atoms with Crippen molar-refractivity contribution in [3.8, 4) is 0 Å². The number of aromatic nitrogens is 1. The zero-order valence-corrected chi connectivity index (χ0v) is 8.38. The van der Waals surface area contributed by atoms with Crippen LogP contribution in [0, 0.1) is 0 Å². The molecule has 0 aliphatic heterocycles. The first-order valence-electron chi connectivity index (χ1n) is 3.39. The lowest BCUT2D eigenvalue weighted by Crippen LogP contribution is -2.18. The van der Waals surface area contributed by atoms with Gasteiger partial charge in [-0.3, -0.25) is 9.59 Å². The van der Waals surface area contributed by atoms with Crippen molar-refractivity contribution < 1.29 is 4.79 Å². The molecule has 0 bridgehead atoms. The Morgan fingerprint density at radius 2 is 2.17 bits per heavy atom. The number of carbonyl (C=O) groups excluding carboxylic acids is 1. The summed E-state index contributed by atoms with van der Waals surface area (Å²) in [6.07, 6.45) is 1.52. The lowest BCUT2D eigenvalue weighted by atomic mass is 10.2. The first-order chi connectivity index (χ1) is 5.52. The SMILES string of the molecule is CC(=O)c1cc(Br)c(=O)n(C)c1. The molecular weight excluding hydrogens is 222 g/mol. The smallest absolute Gasteiger partial charge is 0.264 e. The molecule has 0 aromatic carbocycles. The van der Waals surface area contributed by atoms with Gasteiger partial charge in [-0.25, -0.2) is 0 Å². The highest BCUT2D eigenvalue weighted by atomic mass is 79.9. The molecule has 0 saturated carbocycles. The van der Waals surface area contributed by atoms with E-state index in [1.54, 1.807) is 7.05 Å². The van der Waals surface area contributed by atoms with Crippen LogP contribution in [0.15, 0.2) is 21.5 Å². The Labute approximate surface area is 78.1 Å². The summed E-state index contributed by atoms with van der Waals surface area (Å²) in [5.74, 6) is -0.0497. The average molecular weight is 230 g/mol. The molecule has 0 fully saturated rings. The minimum absolute atomic E-state index is 0.0497.